The average molecular weight is 500 g/mol. The van der Waals surface area contributed by atoms with Gasteiger partial charge in [-0.25, -0.2) is 18.4 Å². The standard InChI is InChI=1S/C24H29N5O5S/c1-17-4-2-5-19-23(17)27-22(34-19)9-10-25-21-8-7-18(16-26-21)35(31,32)29-13-11-28(12-14-29)24(30)20-6-3-15-33-20/h2,4-5,7-8,16,20H,3,6,9-15H2,1H3,(H,25,26). The maximum Gasteiger partial charge on any atom is 0.251 e. The molecule has 1 aromatic carbocycles. The molecular formula is C24H29N5O5S. The van der Waals surface area contributed by atoms with Crippen LogP contribution in [0.4, 0.5) is 5.82 Å². The molecule has 1 atom stereocenters. The fourth-order valence-electron chi connectivity index (χ4n) is 4.45. The molecule has 2 saturated heterocycles. The number of sulfonamides is 1. The second-order valence-electron chi connectivity index (χ2n) is 8.82. The normalized spacial score (nSPS) is 19.3. The third-order valence-electron chi connectivity index (χ3n) is 6.44. The van der Waals surface area contributed by atoms with Crippen LogP contribution in [0.2, 0.25) is 0 Å². The quantitative estimate of drug-likeness (QED) is 0.526. The zero-order valence-corrected chi connectivity index (χ0v) is 20.5. The topological polar surface area (TPSA) is 118 Å². The first-order chi connectivity index (χ1) is 16.9. The second-order valence-corrected chi connectivity index (χ2v) is 10.8. The van der Waals surface area contributed by atoms with E-state index in [4.69, 9.17) is 9.15 Å². The van der Waals surface area contributed by atoms with Gasteiger partial charge in [0.15, 0.2) is 11.5 Å². The van der Waals surface area contributed by atoms with E-state index in [1.165, 1.54) is 10.5 Å². The van der Waals surface area contributed by atoms with Crippen LogP contribution < -0.4 is 5.32 Å². The van der Waals surface area contributed by atoms with Crippen LogP contribution in [-0.4, -0.2) is 78.9 Å². The number of oxazole rings is 1. The number of para-hydroxylation sites is 1. The van der Waals surface area contributed by atoms with Crippen LogP contribution in [0.5, 0.6) is 0 Å². The number of piperazine rings is 1. The first kappa shape index (κ1) is 23.7. The smallest absolute Gasteiger partial charge is 0.251 e. The maximum atomic E-state index is 13.1. The van der Waals surface area contributed by atoms with Gasteiger partial charge >= 0.3 is 0 Å². The summed E-state index contributed by atoms with van der Waals surface area (Å²) >= 11 is 0. The molecular weight excluding hydrogens is 470 g/mol. The van der Waals surface area contributed by atoms with Crippen molar-refractivity contribution >= 4 is 32.8 Å². The van der Waals surface area contributed by atoms with E-state index in [9.17, 15) is 13.2 Å². The van der Waals surface area contributed by atoms with Crippen molar-refractivity contribution in [2.45, 2.75) is 37.2 Å². The average Bonchev–Trinajstić information content (AvgIpc) is 3.55. The Balaban J connectivity index is 1.14. The summed E-state index contributed by atoms with van der Waals surface area (Å²) in [7, 11) is -3.68. The monoisotopic (exact) mass is 499 g/mol. The number of hydrogen-bond acceptors (Lipinski definition) is 8. The highest BCUT2D eigenvalue weighted by atomic mass is 32.2. The predicted octanol–water partition coefficient (Wildman–Crippen LogP) is 2.20. The minimum absolute atomic E-state index is 0.0374. The van der Waals surface area contributed by atoms with Gasteiger partial charge in [0.05, 0.1) is 0 Å². The van der Waals surface area contributed by atoms with Crippen LogP contribution in [0.1, 0.15) is 24.3 Å². The van der Waals surface area contributed by atoms with Gasteiger partial charge in [0, 0.05) is 51.9 Å². The lowest BCUT2D eigenvalue weighted by Crippen LogP contribution is -2.52. The van der Waals surface area contributed by atoms with Gasteiger partial charge < -0.3 is 19.4 Å². The van der Waals surface area contributed by atoms with Crippen molar-refractivity contribution in [3.63, 3.8) is 0 Å². The molecule has 0 saturated carbocycles. The molecule has 0 spiro atoms. The Morgan fingerprint density at radius 1 is 1.17 bits per heavy atom. The van der Waals surface area contributed by atoms with Crippen LogP contribution in [-0.2, 0) is 26.0 Å². The Hall–Kier alpha value is -3.02. The minimum atomic E-state index is -3.68. The third kappa shape index (κ3) is 5.02. The highest BCUT2D eigenvalue weighted by molar-refractivity contribution is 7.89. The van der Waals surface area contributed by atoms with Crippen LogP contribution in [0.3, 0.4) is 0 Å². The zero-order valence-electron chi connectivity index (χ0n) is 19.6. The first-order valence-electron chi connectivity index (χ1n) is 11.9. The van der Waals surface area contributed by atoms with E-state index in [-0.39, 0.29) is 30.0 Å². The summed E-state index contributed by atoms with van der Waals surface area (Å²) < 4.78 is 38.8. The van der Waals surface area contributed by atoms with Gasteiger partial charge in [-0.15, -0.1) is 0 Å². The molecule has 2 aliphatic rings. The number of aryl methyl sites for hydroxylation is 1. The summed E-state index contributed by atoms with van der Waals surface area (Å²) in [5.41, 5.74) is 2.71. The molecule has 1 unspecified atom stereocenters. The molecule has 35 heavy (non-hydrogen) atoms. The summed E-state index contributed by atoms with van der Waals surface area (Å²) in [5.74, 6) is 1.17. The Morgan fingerprint density at radius 2 is 2.00 bits per heavy atom. The van der Waals surface area contributed by atoms with E-state index in [1.54, 1.807) is 17.0 Å². The summed E-state index contributed by atoms with van der Waals surface area (Å²) in [6.45, 7) is 4.39. The highest BCUT2D eigenvalue weighted by Crippen LogP contribution is 2.21. The number of anilines is 1. The number of carbonyl (C=O) groups excluding carboxylic acids is 1. The molecule has 2 fully saturated rings. The maximum absolute atomic E-state index is 13.1. The van der Waals surface area contributed by atoms with Crippen LogP contribution in [0.15, 0.2) is 45.8 Å². The van der Waals surface area contributed by atoms with Crippen LogP contribution in [0.25, 0.3) is 11.1 Å². The number of fused-ring (bicyclic) bond motifs is 1. The lowest BCUT2D eigenvalue weighted by molar-refractivity contribution is -0.142. The van der Waals surface area contributed by atoms with Crippen molar-refractivity contribution in [1.29, 1.82) is 0 Å². The zero-order chi connectivity index (χ0) is 24.4. The number of rotatable bonds is 7. The lowest BCUT2D eigenvalue weighted by Gasteiger charge is -2.35. The van der Waals surface area contributed by atoms with Gasteiger partial charge in [-0.2, -0.15) is 4.31 Å². The Kier molecular flexibility index (Phi) is 6.72. The number of pyridine rings is 1. The molecule has 1 amide bonds. The summed E-state index contributed by atoms with van der Waals surface area (Å²) in [5, 5.41) is 3.18. The molecule has 11 heteroatoms. The number of carbonyl (C=O) groups is 1. The fourth-order valence-corrected chi connectivity index (χ4v) is 5.82. The Bertz CT molecular complexity index is 1290. The first-order valence-corrected chi connectivity index (χ1v) is 13.3. The largest absolute Gasteiger partial charge is 0.441 e. The van der Waals surface area contributed by atoms with E-state index in [2.05, 4.69) is 15.3 Å². The molecule has 2 aromatic heterocycles. The molecule has 3 aromatic rings. The van der Waals surface area contributed by atoms with Gasteiger partial charge in [-0.05, 0) is 43.5 Å². The van der Waals surface area contributed by atoms with E-state index in [0.717, 1.165) is 29.5 Å². The van der Waals surface area contributed by atoms with E-state index < -0.39 is 10.0 Å². The number of nitrogens with zero attached hydrogens (tertiary/aromatic N) is 4. The molecule has 1 N–H and O–H groups in total. The van der Waals surface area contributed by atoms with Gasteiger partial charge in [-0.3, -0.25) is 4.79 Å². The molecule has 0 radical (unpaired) electrons. The Labute approximate surface area is 204 Å². The van der Waals surface area contributed by atoms with Crippen LogP contribution in [0, 0.1) is 6.92 Å². The van der Waals surface area contributed by atoms with Crippen LogP contribution >= 0.6 is 0 Å². The van der Waals surface area contributed by atoms with E-state index in [1.807, 2.05) is 25.1 Å². The Morgan fingerprint density at radius 3 is 2.69 bits per heavy atom. The summed E-state index contributed by atoms with van der Waals surface area (Å²) in [6.07, 6.45) is 3.18. The third-order valence-corrected chi connectivity index (χ3v) is 8.32. The highest BCUT2D eigenvalue weighted by Gasteiger charge is 2.34. The molecule has 0 bridgehead atoms. The van der Waals surface area contributed by atoms with E-state index in [0.29, 0.717) is 44.4 Å². The second kappa shape index (κ2) is 9.92. The minimum Gasteiger partial charge on any atom is -0.441 e. The molecule has 0 aliphatic carbocycles. The van der Waals surface area contributed by atoms with Gasteiger partial charge in [0.25, 0.3) is 5.91 Å². The summed E-state index contributed by atoms with van der Waals surface area (Å²) in [4.78, 5) is 23.2. The molecule has 2 aliphatic heterocycles. The number of ether oxygens (including phenoxy) is 1. The van der Waals surface area contributed by atoms with Gasteiger partial charge in [0.1, 0.15) is 22.3 Å². The van der Waals surface area contributed by atoms with Crippen molar-refractivity contribution in [2.24, 2.45) is 0 Å². The van der Waals surface area contributed by atoms with Crippen molar-refractivity contribution in [3.05, 3.63) is 48.0 Å². The van der Waals surface area contributed by atoms with E-state index >= 15 is 0 Å². The molecule has 10 nitrogen and oxygen atoms in total. The molecule has 186 valence electrons. The van der Waals surface area contributed by atoms with Crippen molar-refractivity contribution < 1.29 is 22.4 Å². The predicted molar refractivity (Wildman–Crippen MR) is 129 cm³/mol. The van der Waals surface area contributed by atoms with Crippen molar-refractivity contribution in [2.75, 3.05) is 44.6 Å². The lowest BCUT2D eigenvalue weighted by atomic mass is 10.2. The number of hydrogen-bond donors (Lipinski definition) is 1. The molecule has 5 rings (SSSR count). The summed E-state index contributed by atoms with van der Waals surface area (Å²) in [6, 6.07) is 9.04. The van der Waals surface area contributed by atoms with Crippen molar-refractivity contribution in [3.8, 4) is 0 Å². The number of aromatic nitrogens is 2. The number of nitrogens with one attached hydrogen (secondary N) is 1. The SMILES string of the molecule is Cc1cccc2oc(CCNc3ccc(S(=O)(=O)N4CCN(C(=O)C5CCCO5)CC4)cn3)nc12. The number of amides is 1. The van der Waals surface area contributed by atoms with Crippen molar-refractivity contribution in [1.82, 2.24) is 19.2 Å². The number of benzene rings is 1. The van der Waals surface area contributed by atoms with Gasteiger partial charge in [-0.1, -0.05) is 12.1 Å². The van der Waals surface area contributed by atoms with Gasteiger partial charge in [0.2, 0.25) is 10.0 Å². The molecule has 4 heterocycles. The fraction of sp³-hybridized carbons (Fsp3) is 0.458.